The molecule has 0 amide bonds. The van der Waals surface area contributed by atoms with E-state index in [9.17, 15) is 4.79 Å². The first-order chi connectivity index (χ1) is 8.76. The maximum Gasteiger partial charge on any atom is 0.352 e. The number of hydrogen-bond acceptors (Lipinski definition) is 4. The zero-order valence-corrected chi connectivity index (χ0v) is 9.84. The van der Waals surface area contributed by atoms with E-state index in [-0.39, 0.29) is 17.9 Å². The van der Waals surface area contributed by atoms with Gasteiger partial charge >= 0.3 is 5.97 Å². The zero-order valence-electron chi connectivity index (χ0n) is 9.84. The molecular formula is C14H11NO3. The van der Waals surface area contributed by atoms with Gasteiger partial charge in [-0.1, -0.05) is 18.2 Å². The Kier molecular flexibility index (Phi) is 3.44. The fourth-order valence-corrected chi connectivity index (χ4v) is 1.57. The number of nitrogens with zero attached hydrogens (tertiary/aromatic N) is 1. The number of carbonyl (C=O) groups excluding carboxylic acids is 1. The molecular weight excluding hydrogens is 230 g/mol. The minimum Gasteiger partial charge on any atom is -0.462 e. The van der Waals surface area contributed by atoms with E-state index >= 15 is 0 Å². The number of esters is 1. The fraction of sp³-hybridized carbons (Fsp3) is 0.143. The van der Waals surface area contributed by atoms with Crippen molar-refractivity contribution >= 4 is 12.0 Å². The summed E-state index contributed by atoms with van der Waals surface area (Å²) in [4.78, 5) is 11.6. The van der Waals surface area contributed by atoms with Gasteiger partial charge in [0.05, 0.1) is 6.61 Å². The summed E-state index contributed by atoms with van der Waals surface area (Å²) in [7, 11) is 0. The molecule has 0 aliphatic carbocycles. The average Bonchev–Trinajstić information content (AvgIpc) is 2.40. The molecule has 90 valence electrons. The molecule has 0 aromatic heterocycles. The predicted octanol–water partition coefficient (Wildman–Crippen LogP) is 2.43. The summed E-state index contributed by atoms with van der Waals surface area (Å²) in [6.07, 6.45) is 3.39. The van der Waals surface area contributed by atoms with Crippen molar-refractivity contribution in [1.29, 1.82) is 5.26 Å². The smallest absolute Gasteiger partial charge is 0.352 e. The van der Waals surface area contributed by atoms with Crippen molar-refractivity contribution in [1.82, 2.24) is 0 Å². The summed E-state index contributed by atoms with van der Waals surface area (Å²) in [6, 6.07) is 9.19. The van der Waals surface area contributed by atoms with E-state index in [0.717, 1.165) is 5.56 Å². The third-order valence-electron chi connectivity index (χ3n) is 2.39. The lowest BCUT2D eigenvalue weighted by atomic mass is 10.1. The van der Waals surface area contributed by atoms with Crippen LogP contribution < -0.4 is 4.74 Å². The largest absolute Gasteiger partial charge is 0.462 e. The fourth-order valence-electron chi connectivity index (χ4n) is 1.57. The number of allylic oxidation sites excluding steroid dienone is 1. The molecule has 0 saturated heterocycles. The summed E-state index contributed by atoms with van der Waals surface area (Å²) in [6.45, 7) is 1.90. The van der Waals surface area contributed by atoms with Gasteiger partial charge < -0.3 is 9.47 Å². The highest BCUT2D eigenvalue weighted by Gasteiger charge is 2.19. The SMILES string of the molecule is CCOC(=O)C(C#N)=C1C=Cc2ccccc2O1. The van der Waals surface area contributed by atoms with Crippen LogP contribution in [0.2, 0.25) is 0 Å². The van der Waals surface area contributed by atoms with Gasteiger partial charge in [-0.25, -0.2) is 4.79 Å². The Morgan fingerprint density at radius 3 is 2.89 bits per heavy atom. The Morgan fingerprint density at radius 1 is 1.39 bits per heavy atom. The van der Waals surface area contributed by atoms with Gasteiger partial charge in [-0.2, -0.15) is 5.26 Å². The monoisotopic (exact) mass is 241 g/mol. The van der Waals surface area contributed by atoms with E-state index < -0.39 is 5.97 Å². The number of para-hydroxylation sites is 1. The first-order valence-corrected chi connectivity index (χ1v) is 5.52. The minimum atomic E-state index is -0.668. The second-order valence-corrected chi connectivity index (χ2v) is 3.54. The summed E-state index contributed by atoms with van der Waals surface area (Å²) in [5.74, 6) is 0.167. The normalized spacial score (nSPS) is 15.1. The van der Waals surface area contributed by atoms with E-state index in [1.807, 2.05) is 24.3 Å². The average molecular weight is 241 g/mol. The van der Waals surface area contributed by atoms with Crippen molar-refractivity contribution in [2.24, 2.45) is 0 Å². The van der Waals surface area contributed by atoms with E-state index in [2.05, 4.69) is 0 Å². The summed E-state index contributed by atoms with van der Waals surface area (Å²) in [5, 5.41) is 9.00. The standard InChI is InChI=1S/C14H11NO3/c1-2-17-14(16)11(9-15)13-8-7-10-5-3-4-6-12(10)18-13/h3-8H,2H2,1H3. The van der Waals surface area contributed by atoms with Gasteiger partial charge in [-0.3, -0.25) is 0 Å². The molecule has 1 aromatic carbocycles. The second kappa shape index (κ2) is 5.19. The molecule has 0 bridgehead atoms. The molecule has 0 fully saturated rings. The van der Waals surface area contributed by atoms with Crippen molar-refractivity contribution in [3.8, 4) is 11.8 Å². The summed E-state index contributed by atoms with van der Waals surface area (Å²) < 4.78 is 10.3. The van der Waals surface area contributed by atoms with Crippen LogP contribution in [0, 0.1) is 11.3 Å². The van der Waals surface area contributed by atoms with Crippen LogP contribution in [0.3, 0.4) is 0 Å². The van der Waals surface area contributed by atoms with E-state index in [1.165, 1.54) is 0 Å². The number of rotatable bonds is 2. The molecule has 1 aliphatic heterocycles. The Hall–Kier alpha value is -2.54. The number of ether oxygens (including phenoxy) is 2. The Morgan fingerprint density at radius 2 is 2.17 bits per heavy atom. The lowest BCUT2D eigenvalue weighted by Crippen LogP contribution is -2.12. The Balaban J connectivity index is 2.37. The maximum atomic E-state index is 11.6. The molecule has 4 nitrogen and oxygen atoms in total. The third kappa shape index (κ3) is 2.25. The van der Waals surface area contributed by atoms with Gasteiger partial charge in [0.2, 0.25) is 0 Å². The molecule has 1 aliphatic rings. The van der Waals surface area contributed by atoms with Crippen molar-refractivity contribution in [3.05, 3.63) is 47.2 Å². The van der Waals surface area contributed by atoms with Crippen molar-refractivity contribution in [3.63, 3.8) is 0 Å². The van der Waals surface area contributed by atoms with Crippen molar-refractivity contribution in [2.45, 2.75) is 6.92 Å². The first kappa shape index (κ1) is 11.9. The van der Waals surface area contributed by atoms with E-state index in [0.29, 0.717) is 5.75 Å². The highest BCUT2D eigenvalue weighted by Crippen LogP contribution is 2.28. The van der Waals surface area contributed by atoms with E-state index in [4.69, 9.17) is 14.7 Å². The third-order valence-corrected chi connectivity index (χ3v) is 2.39. The van der Waals surface area contributed by atoms with Crippen LogP contribution in [0.25, 0.3) is 6.08 Å². The molecule has 0 saturated carbocycles. The molecule has 0 unspecified atom stereocenters. The molecule has 1 heterocycles. The Labute approximate surface area is 105 Å². The molecule has 0 N–H and O–H groups in total. The van der Waals surface area contributed by atoms with Crippen LogP contribution in [0.5, 0.6) is 5.75 Å². The number of fused-ring (bicyclic) bond motifs is 1. The van der Waals surface area contributed by atoms with Gasteiger partial charge in [0.15, 0.2) is 11.3 Å². The molecule has 0 atom stereocenters. The van der Waals surface area contributed by atoms with Crippen LogP contribution in [-0.4, -0.2) is 12.6 Å². The molecule has 0 radical (unpaired) electrons. The van der Waals surface area contributed by atoms with Crippen LogP contribution in [0.15, 0.2) is 41.7 Å². The predicted molar refractivity (Wildman–Crippen MR) is 65.4 cm³/mol. The van der Waals surface area contributed by atoms with Crippen LogP contribution in [0.1, 0.15) is 12.5 Å². The van der Waals surface area contributed by atoms with E-state index in [1.54, 1.807) is 25.1 Å². The first-order valence-electron chi connectivity index (χ1n) is 5.52. The summed E-state index contributed by atoms with van der Waals surface area (Å²) >= 11 is 0. The Bertz CT molecular complexity index is 579. The highest BCUT2D eigenvalue weighted by atomic mass is 16.5. The van der Waals surface area contributed by atoms with Crippen LogP contribution in [-0.2, 0) is 9.53 Å². The lowest BCUT2D eigenvalue weighted by Gasteiger charge is -2.15. The molecule has 2 rings (SSSR count). The van der Waals surface area contributed by atoms with Gasteiger partial charge in [-0.05, 0) is 25.1 Å². The minimum absolute atomic E-state index is 0.123. The quantitative estimate of drug-likeness (QED) is 0.453. The van der Waals surface area contributed by atoms with Gasteiger partial charge in [0.1, 0.15) is 11.8 Å². The van der Waals surface area contributed by atoms with Gasteiger partial charge in [-0.15, -0.1) is 0 Å². The van der Waals surface area contributed by atoms with Crippen molar-refractivity contribution in [2.75, 3.05) is 6.61 Å². The summed E-state index contributed by atoms with van der Waals surface area (Å²) in [5.41, 5.74) is 0.782. The molecule has 4 heteroatoms. The number of carbonyl (C=O) groups is 1. The van der Waals surface area contributed by atoms with Crippen molar-refractivity contribution < 1.29 is 14.3 Å². The number of nitriles is 1. The molecule has 18 heavy (non-hydrogen) atoms. The number of hydrogen-bond donors (Lipinski definition) is 0. The maximum absolute atomic E-state index is 11.6. The second-order valence-electron chi connectivity index (χ2n) is 3.54. The van der Waals surface area contributed by atoms with Crippen LogP contribution >= 0.6 is 0 Å². The van der Waals surface area contributed by atoms with Gasteiger partial charge in [0.25, 0.3) is 0 Å². The zero-order chi connectivity index (χ0) is 13.0. The molecule has 0 spiro atoms. The van der Waals surface area contributed by atoms with Crippen LogP contribution in [0.4, 0.5) is 0 Å². The lowest BCUT2D eigenvalue weighted by molar-refractivity contribution is -0.138. The van der Waals surface area contributed by atoms with Gasteiger partial charge in [0, 0.05) is 5.56 Å². The topological polar surface area (TPSA) is 59.3 Å². The number of benzene rings is 1. The highest BCUT2D eigenvalue weighted by molar-refractivity contribution is 5.94. The molecule has 1 aromatic rings.